The highest BCUT2D eigenvalue weighted by molar-refractivity contribution is 5.88. The zero-order valence-corrected chi connectivity index (χ0v) is 8.98. The molecule has 0 spiro atoms. The number of nitrogens with one attached hydrogen (secondary N) is 1. The zero-order chi connectivity index (χ0) is 12.7. The van der Waals surface area contributed by atoms with E-state index in [2.05, 4.69) is 10.2 Å². The summed E-state index contributed by atoms with van der Waals surface area (Å²) in [6.45, 7) is 0. The van der Waals surface area contributed by atoms with Gasteiger partial charge in [-0.05, 0) is 18.2 Å². The fourth-order valence-corrected chi connectivity index (χ4v) is 1.72. The van der Waals surface area contributed by atoms with Gasteiger partial charge in [0.05, 0.1) is 5.39 Å². The van der Waals surface area contributed by atoms with Crippen LogP contribution in [0.2, 0.25) is 0 Å². The number of furan rings is 1. The number of aromatic nitrogens is 2. The van der Waals surface area contributed by atoms with Crippen molar-refractivity contribution in [2.45, 2.75) is 0 Å². The minimum Gasteiger partial charge on any atom is -0.476 e. The van der Waals surface area contributed by atoms with Gasteiger partial charge in [0.1, 0.15) is 17.1 Å². The Balaban J connectivity index is 2.13. The first-order valence-corrected chi connectivity index (χ1v) is 5.12. The van der Waals surface area contributed by atoms with Crippen LogP contribution in [-0.2, 0) is 0 Å². The summed E-state index contributed by atoms with van der Waals surface area (Å²) in [5.41, 5.74) is 0.672. The van der Waals surface area contributed by atoms with E-state index < -0.39 is 5.97 Å². The number of carboxylic acid groups (broad SMARTS) is 1. The molecule has 18 heavy (non-hydrogen) atoms. The second kappa shape index (κ2) is 3.69. The van der Waals surface area contributed by atoms with Gasteiger partial charge in [-0.1, -0.05) is 6.07 Å². The van der Waals surface area contributed by atoms with E-state index in [-0.39, 0.29) is 11.5 Å². The predicted octanol–water partition coefficient (Wildman–Crippen LogP) is 2.66. The van der Waals surface area contributed by atoms with Crippen LogP contribution in [0.3, 0.4) is 0 Å². The molecule has 3 aromatic rings. The van der Waals surface area contributed by atoms with Crippen molar-refractivity contribution in [1.29, 1.82) is 0 Å². The van der Waals surface area contributed by atoms with E-state index >= 15 is 0 Å². The molecular formula is C12H7FN2O3. The molecule has 90 valence electrons. The van der Waals surface area contributed by atoms with E-state index in [9.17, 15) is 9.18 Å². The summed E-state index contributed by atoms with van der Waals surface area (Å²) >= 11 is 0. The van der Waals surface area contributed by atoms with Crippen molar-refractivity contribution in [3.63, 3.8) is 0 Å². The summed E-state index contributed by atoms with van der Waals surface area (Å²) < 4.78 is 18.9. The normalized spacial score (nSPS) is 10.9. The van der Waals surface area contributed by atoms with E-state index in [0.29, 0.717) is 22.4 Å². The first kappa shape index (κ1) is 10.5. The fourth-order valence-electron chi connectivity index (χ4n) is 1.72. The van der Waals surface area contributed by atoms with Gasteiger partial charge < -0.3 is 9.52 Å². The van der Waals surface area contributed by atoms with E-state index in [4.69, 9.17) is 9.52 Å². The van der Waals surface area contributed by atoms with Gasteiger partial charge in [-0.2, -0.15) is 5.10 Å². The van der Waals surface area contributed by atoms with Crippen molar-refractivity contribution in [3.8, 4) is 11.5 Å². The van der Waals surface area contributed by atoms with Crippen LogP contribution in [0.4, 0.5) is 4.39 Å². The zero-order valence-electron chi connectivity index (χ0n) is 8.98. The second-order valence-electron chi connectivity index (χ2n) is 3.73. The summed E-state index contributed by atoms with van der Waals surface area (Å²) in [7, 11) is 0. The number of hydrogen-bond donors (Lipinski definition) is 2. The van der Waals surface area contributed by atoms with Crippen molar-refractivity contribution >= 4 is 16.9 Å². The van der Waals surface area contributed by atoms with Crippen molar-refractivity contribution in [3.05, 3.63) is 41.8 Å². The summed E-state index contributed by atoms with van der Waals surface area (Å²) in [4.78, 5) is 10.7. The number of hydrogen-bond acceptors (Lipinski definition) is 3. The van der Waals surface area contributed by atoms with Crippen LogP contribution in [-0.4, -0.2) is 21.3 Å². The molecule has 0 fully saturated rings. The van der Waals surface area contributed by atoms with Crippen LogP contribution in [0.5, 0.6) is 0 Å². The van der Waals surface area contributed by atoms with E-state index in [1.165, 1.54) is 18.2 Å². The van der Waals surface area contributed by atoms with Crippen LogP contribution in [0.25, 0.3) is 22.4 Å². The molecule has 2 aromatic heterocycles. The van der Waals surface area contributed by atoms with Gasteiger partial charge in [-0.3, -0.25) is 5.10 Å². The molecular weight excluding hydrogens is 239 g/mol. The molecule has 0 aliphatic carbocycles. The van der Waals surface area contributed by atoms with Crippen molar-refractivity contribution in [1.82, 2.24) is 10.2 Å². The SMILES string of the molecule is O=C(O)c1cc(-c2cc3c(F)cccc3o2)[nH]n1. The molecule has 0 amide bonds. The molecule has 1 aromatic carbocycles. The van der Waals surface area contributed by atoms with Gasteiger partial charge in [-0.15, -0.1) is 0 Å². The highest BCUT2D eigenvalue weighted by Gasteiger charge is 2.14. The quantitative estimate of drug-likeness (QED) is 0.728. The summed E-state index contributed by atoms with van der Waals surface area (Å²) in [6.07, 6.45) is 0. The monoisotopic (exact) mass is 246 g/mol. The van der Waals surface area contributed by atoms with Crippen LogP contribution in [0.1, 0.15) is 10.5 Å². The number of benzene rings is 1. The lowest BCUT2D eigenvalue weighted by Gasteiger charge is -1.88. The number of fused-ring (bicyclic) bond motifs is 1. The third-order valence-electron chi connectivity index (χ3n) is 2.57. The van der Waals surface area contributed by atoms with E-state index in [1.54, 1.807) is 12.1 Å². The molecule has 0 radical (unpaired) electrons. The lowest BCUT2D eigenvalue weighted by atomic mass is 10.2. The molecule has 5 nitrogen and oxygen atoms in total. The number of H-pyrrole nitrogens is 1. The van der Waals surface area contributed by atoms with Crippen molar-refractivity contribution in [2.24, 2.45) is 0 Å². The molecule has 0 aliphatic rings. The Labute approximate surface area is 99.8 Å². The van der Waals surface area contributed by atoms with Crippen LogP contribution in [0, 0.1) is 5.82 Å². The van der Waals surface area contributed by atoms with Crippen molar-refractivity contribution < 1.29 is 18.7 Å². The summed E-state index contributed by atoms with van der Waals surface area (Å²) in [5.74, 6) is -1.18. The molecule has 0 aliphatic heterocycles. The smallest absolute Gasteiger partial charge is 0.356 e. The molecule has 0 saturated carbocycles. The second-order valence-corrected chi connectivity index (χ2v) is 3.73. The average molecular weight is 246 g/mol. The molecule has 0 unspecified atom stereocenters. The van der Waals surface area contributed by atoms with E-state index in [0.717, 1.165) is 0 Å². The Bertz CT molecular complexity index is 745. The summed E-state index contributed by atoms with van der Waals surface area (Å²) in [6, 6.07) is 7.34. The standard InChI is InChI=1S/C12H7FN2O3/c13-7-2-1-3-10-6(7)4-11(18-10)8-5-9(12(16)17)15-14-8/h1-5H,(H,14,15)(H,16,17). The Kier molecular flexibility index (Phi) is 2.16. The third-order valence-corrected chi connectivity index (χ3v) is 2.57. The van der Waals surface area contributed by atoms with Crippen LogP contribution in [0.15, 0.2) is 34.7 Å². The largest absolute Gasteiger partial charge is 0.476 e. The third kappa shape index (κ3) is 1.55. The van der Waals surface area contributed by atoms with Gasteiger partial charge in [-0.25, -0.2) is 9.18 Å². The van der Waals surface area contributed by atoms with Crippen LogP contribution < -0.4 is 0 Å². The number of carbonyl (C=O) groups is 1. The Morgan fingerprint density at radius 3 is 2.89 bits per heavy atom. The maximum absolute atomic E-state index is 13.5. The molecule has 6 heteroatoms. The minimum atomic E-state index is -1.14. The van der Waals surface area contributed by atoms with E-state index in [1.807, 2.05) is 0 Å². The number of rotatable bonds is 2. The van der Waals surface area contributed by atoms with Crippen LogP contribution >= 0.6 is 0 Å². The molecule has 0 bridgehead atoms. The highest BCUT2D eigenvalue weighted by atomic mass is 19.1. The number of halogens is 1. The van der Waals surface area contributed by atoms with Gasteiger partial charge in [0.2, 0.25) is 0 Å². The topological polar surface area (TPSA) is 79.1 Å². The first-order valence-electron chi connectivity index (χ1n) is 5.12. The van der Waals surface area contributed by atoms with Gasteiger partial charge in [0.15, 0.2) is 11.5 Å². The number of aromatic amines is 1. The molecule has 3 rings (SSSR count). The lowest BCUT2D eigenvalue weighted by Crippen LogP contribution is -1.95. The Hall–Kier alpha value is -2.63. The minimum absolute atomic E-state index is 0.120. The molecule has 2 heterocycles. The fraction of sp³-hybridized carbons (Fsp3) is 0. The Morgan fingerprint density at radius 1 is 1.39 bits per heavy atom. The predicted molar refractivity (Wildman–Crippen MR) is 60.7 cm³/mol. The maximum Gasteiger partial charge on any atom is 0.356 e. The first-order chi connectivity index (χ1) is 8.65. The van der Waals surface area contributed by atoms with Gasteiger partial charge in [0, 0.05) is 6.07 Å². The molecule has 0 atom stereocenters. The van der Waals surface area contributed by atoms with Crippen molar-refractivity contribution in [2.75, 3.05) is 0 Å². The maximum atomic E-state index is 13.5. The van der Waals surface area contributed by atoms with Gasteiger partial charge >= 0.3 is 5.97 Å². The number of aromatic carboxylic acids is 1. The average Bonchev–Trinajstić information content (AvgIpc) is 2.95. The summed E-state index contributed by atoms with van der Waals surface area (Å²) in [5, 5.41) is 15.2. The molecule has 0 saturated heterocycles. The number of nitrogens with zero attached hydrogens (tertiary/aromatic N) is 1. The lowest BCUT2D eigenvalue weighted by molar-refractivity contribution is 0.0690. The Morgan fingerprint density at radius 2 is 2.22 bits per heavy atom. The highest BCUT2D eigenvalue weighted by Crippen LogP contribution is 2.28. The van der Waals surface area contributed by atoms with Gasteiger partial charge in [0.25, 0.3) is 0 Å². The molecule has 2 N–H and O–H groups in total. The number of carboxylic acids is 1.